The quantitative estimate of drug-likeness (QED) is 0.618. The Hall–Kier alpha value is -2.10. The van der Waals surface area contributed by atoms with Crippen LogP contribution in [0.5, 0.6) is 0 Å². The molecule has 0 radical (unpaired) electrons. The third-order valence-corrected chi connectivity index (χ3v) is 2.85. The highest BCUT2D eigenvalue weighted by molar-refractivity contribution is 5.80. The second-order valence-electron chi connectivity index (χ2n) is 3.90. The van der Waals surface area contributed by atoms with Crippen LogP contribution in [0.1, 0.15) is 0 Å². The molecule has 0 aromatic carbocycles. The lowest BCUT2D eigenvalue weighted by Gasteiger charge is -2.03. The van der Waals surface area contributed by atoms with Crippen LogP contribution in [-0.4, -0.2) is 19.3 Å². The second kappa shape index (κ2) is 3.20. The summed E-state index contributed by atoms with van der Waals surface area (Å²) < 4.78 is 3.92. The van der Waals surface area contributed by atoms with E-state index in [0.29, 0.717) is 0 Å². The number of nitrogens with zero attached hydrogens (tertiary/aromatic N) is 4. The summed E-state index contributed by atoms with van der Waals surface area (Å²) in [5.41, 5.74) is 4.33. The van der Waals surface area contributed by atoms with Crippen molar-refractivity contribution in [2.75, 3.05) is 0 Å². The summed E-state index contributed by atoms with van der Waals surface area (Å²) in [6.45, 7) is 0. The van der Waals surface area contributed by atoms with Gasteiger partial charge in [-0.05, 0) is 18.2 Å². The average Bonchev–Trinajstić information content (AvgIpc) is 2.86. The van der Waals surface area contributed by atoms with E-state index in [0.717, 1.165) is 22.3 Å². The second-order valence-corrected chi connectivity index (χ2v) is 3.90. The lowest BCUT2D eigenvalue weighted by atomic mass is 10.2. The predicted molar refractivity (Wildman–Crippen MR) is 62.9 cm³/mol. The molecule has 0 fully saturated rings. The first-order valence-electron chi connectivity index (χ1n) is 5.15. The van der Waals surface area contributed by atoms with Crippen LogP contribution < -0.4 is 0 Å². The largest absolute Gasteiger partial charge is 0.349 e. The van der Waals surface area contributed by atoms with Crippen molar-refractivity contribution in [1.82, 2.24) is 19.3 Å². The molecule has 0 aliphatic heterocycles. The molecule has 0 atom stereocenters. The van der Waals surface area contributed by atoms with E-state index in [2.05, 4.69) is 20.7 Å². The van der Waals surface area contributed by atoms with Gasteiger partial charge in [-0.15, -0.1) is 0 Å². The Morgan fingerprint density at radius 3 is 2.81 bits per heavy atom. The molecule has 0 N–H and O–H groups in total. The molecular formula is C12H12N4. The van der Waals surface area contributed by atoms with Gasteiger partial charge in [-0.25, -0.2) is 0 Å². The van der Waals surface area contributed by atoms with Crippen LogP contribution in [0, 0.1) is 0 Å². The van der Waals surface area contributed by atoms with Gasteiger partial charge < -0.3 is 4.57 Å². The number of pyridine rings is 1. The van der Waals surface area contributed by atoms with Crippen molar-refractivity contribution in [3.8, 4) is 11.3 Å². The molecule has 3 heterocycles. The maximum Gasteiger partial charge on any atom is 0.0881 e. The van der Waals surface area contributed by atoms with Gasteiger partial charge in [-0.1, -0.05) is 0 Å². The minimum atomic E-state index is 1.02. The number of fused-ring (bicyclic) bond motifs is 1. The van der Waals surface area contributed by atoms with E-state index < -0.39 is 0 Å². The van der Waals surface area contributed by atoms with Gasteiger partial charge in [0.2, 0.25) is 0 Å². The summed E-state index contributed by atoms with van der Waals surface area (Å²) in [4.78, 5) is 4.44. The Labute approximate surface area is 93.1 Å². The molecule has 0 spiro atoms. The Balaban J connectivity index is 2.25. The Morgan fingerprint density at radius 1 is 1.19 bits per heavy atom. The van der Waals surface area contributed by atoms with Crippen LogP contribution in [0.3, 0.4) is 0 Å². The van der Waals surface area contributed by atoms with Gasteiger partial charge in [0.15, 0.2) is 0 Å². The first kappa shape index (κ1) is 9.15. The molecule has 4 heteroatoms. The number of hydrogen-bond donors (Lipinski definition) is 0. The van der Waals surface area contributed by atoms with Crippen molar-refractivity contribution in [3.05, 3.63) is 36.8 Å². The highest BCUT2D eigenvalue weighted by Crippen LogP contribution is 2.21. The molecule has 80 valence electrons. The van der Waals surface area contributed by atoms with Crippen molar-refractivity contribution in [2.45, 2.75) is 0 Å². The number of aromatic nitrogens is 4. The Bertz CT molecular complexity index is 648. The minimum Gasteiger partial charge on any atom is -0.349 e. The third kappa shape index (κ3) is 1.23. The molecule has 0 aliphatic carbocycles. The standard InChI is InChI=1S/C12H12N4/c1-15-6-4-10-12(15)7-9(8-13-10)11-3-5-14-16(11)2/h3-8H,1-2H3. The highest BCUT2D eigenvalue weighted by Gasteiger charge is 2.05. The van der Waals surface area contributed by atoms with Crippen LogP contribution in [0.25, 0.3) is 22.3 Å². The maximum absolute atomic E-state index is 4.44. The first-order valence-corrected chi connectivity index (χ1v) is 5.15. The molecule has 3 aromatic rings. The highest BCUT2D eigenvalue weighted by atomic mass is 15.3. The molecule has 0 unspecified atom stereocenters. The zero-order valence-electron chi connectivity index (χ0n) is 9.25. The topological polar surface area (TPSA) is 35.6 Å². The fourth-order valence-electron chi connectivity index (χ4n) is 1.93. The number of hydrogen-bond acceptors (Lipinski definition) is 2. The van der Waals surface area contributed by atoms with Crippen LogP contribution in [0.15, 0.2) is 36.8 Å². The van der Waals surface area contributed by atoms with E-state index in [1.165, 1.54) is 0 Å². The van der Waals surface area contributed by atoms with Crippen LogP contribution >= 0.6 is 0 Å². The van der Waals surface area contributed by atoms with Gasteiger partial charge in [0.05, 0.1) is 16.7 Å². The summed E-state index contributed by atoms with van der Waals surface area (Å²) in [5.74, 6) is 0. The number of rotatable bonds is 1. The van der Waals surface area contributed by atoms with Crippen molar-refractivity contribution < 1.29 is 0 Å². The van der Waals surface area contributed by atoms with E-state index in [1.807, 2.05) is 43.3 Å². The van der Waals surface area contributed by atoms with Crippen molar-refractivity contribution in [2.24, 2.45) is 14.1 Å². The van der Waals surface area contributed by atoms with Crippen LogP contribution in [-0.2, 0) is 14.1 Å². The van der Waals surface area contributed by atoms with Crippen LogP contribution in [0.2, 0.25) is 0 Å². The van der Waals surface area contributed by atoms with Gasteiger partial charge in [-0.2, -0.15) is 5.10 Å². The zero-order valence-corrected chi connectivity index (χ0v) is 9.25. The summed E-state index contributed by atoms with van der Waals surface area (Å²) in [5, 5.41) is 4.17. The molecule has 0 bridgehead atoms. The lowest BCUT2D eigenvalue weighted by molar-refractivity contribution is 0.775. The van der Waals surface area contributed by atoms with Crippen molar-refractivity contribution in [3.63, 3.8) is 0 Å². The molecule has 4 nitrogen and oxygen atoms in total. The molecular weight excluding hydrogens is 200 g/mol. The van der Waals surface area contributed by atoms with Crippen LogP contribution in [0.4, 0.5) is 0 Å². The summed E-state index contributed by atoms with van der Waals surface area (Å²) in [6.07, 6.45) is 5.70. The fraction of sp³-hybridized carbons (Fsp3) is 0.167. The molecule has 0 aliphatic rings. The van der Waals surface area contributed by atoms with E-state index >= 15 is 0 Å². The average molecular weight is 212 g/mol. The normalized spacial score (nSPS) is 11.1. The monoisotopic (exact) mass is 212 g/mol. The van der Waals surface area contributed by atoms with Gasteiger partial charge in [0.1, 0.15) is 0 Å². The smallest absolute Gasteiger partial charge is 0.0881 e. The Morgan fingerprint density at radius 2 is 2.06 bits per heavy atom. The maximum atomic E-state index is 4.44. The molecule has 3 aromatic heterocycles. The molecule has 0 saturated heterocycles. The van der Waals surface area contributed by atoms with Gasteiger partial charge in [-0.3, -0.25) is 9.67 Å². The number of aryl methyl sites for hydroxylation is 2. The summed E-state index contributed by atoms with van der Waals surface area (Å²) in [6, 6.07) is 6.15. The van der Waals surface area contributed by atoms with E-state index in [4.69, 9.17) is 0 Å². The molecule has 0 saturated carbocycles. The third-order valence-electron chi connectivity index (χ3n) is 2.85. The molecule has 16 heavy (non-hydrogen) atoms. The molecule has 3 rings (SSSR count). The SMILES string of the molecule is Cn1nccc1-c1cnc2ccn(C)c2c1. The van der Waals surface area contributed by atoms with Gasteiger partial charge in [0, 0.05) is 38.2 Å². The predicted octanol–water partition coefficient (Wildman–Crippen LogP) is 1.97. The van der Waals surface area contributed by atoms with E-state index in [-0.39, 0.29) is 0 Å². The first-order chi connectivity index (χ1) is 7.75. The fourth-order valence-corrected chi connectivity index (χ4v) is 1.93. The van der Waals surface area contributed by atoms with Gasteiger partial charge in [0.25, 0.3) is 0 Å². The van der Waals surface area contributed by atoms with Crippen molar-refractivity contribution in [1.29, 1.82) is 0 Å². The minimum absolute atomic E-state index is 1.02. The van der Waals surface area contributed by atoms with Gasteiger partial charge >= 0.3 is 0 Å². The van der Waals surface area contributed by atoms with E-state index in [9.17, 15) is 0 Å². The lowest BCUT2D eigenvalue weighted by Crippen LogP contribution is -1.94. The van der Waals surface area contributed by atoms with Crippen molar-refractivity contribution >= 4 is 11.0 Å². The Kier molecular flexibility index (Phi) is 1.83. The molecule has 0 amide bonds. The summed E-state index contributed by atoms with van der Waals surface area (Å²) in [7, 11) is 3.96. The van der Waals surface area contributed by atoms with E-state index in [1.54, 1.807) is 6.20 Å². The zero-order chi connectivity index (χ0) is 11.1. The summed E-state index contributed by atoms with van der Waals surface area (Å²) >= 11 is 0.